The number of piperidine rings is 1. The van der Waals surface area contributed by atoms with Gasteiger partial charge in [-0.15, -0.1) is 0 Å². The number of ether oxygens (including phenoxy) is 1. The highest BCUT2D eigenvalue weighted by Crippen LogP contribution is 2.38. The van der Waals surface area contributed by atoms with Gasteiger partial charge in [-0.05, 0) is 58.6 Å². The predicted octanol–water partition coefficient (Wildman–Crippen LogP) is 4.99. The van der Waals surface area contributed by atoms with Crippen LogP contribution in [0.5, 0.6) is 0 Å². The molecule has 1 saturated heterocycles. The van der Waals surface area contributed by atoms with Gasteiger partial charge in [0.2, 0.25) is 0 Å². The molecule has 0 aliphatic carbocycles. The molecule has 0 saturated carbocycles. The summed E-state index contributed by atoms with van der Waals surface area (Å²) in [6, 6.07) is 0.649. The van der Waals surface area contributed by atoms with E-state index in [0.29, 0.717) is 32.0 Å². The number of likely N-dealkylation sites (tertiary alicyclic amines) is 1. The number of carboxylic acids is 1. The first-order valence-corrected chi connectivity index (χ1v) is 9.57. The molecule has 1 fully saturated rings. The molecule has 1 aliphatic rings. The highest BCUT2D eigenvalue weighted by atomic mass is 19.4. The van der Waals surface area contributed by atoms with Crippen molar-refractivity contribution in [1.29, 1.82) is 0 Å². The Morgan fingerprint density at radius 2 is 1.77 bits per heavy atom. The van der Waals surface area contributed by atoms with Gasteiger partial charge in [-0.2, -0.15) is 13.2 Å². The van der Waals surface area contributed by atoms with Crippen LogP contribution in [-0.2, 0) is 10.9 Å². The third-order valence-electron chi connectivity index (χ3n) is 4.90. The Kier molecular flexibility index (Phi) is 6.88. The molecular weight excluding hydrogens is 408 g/mol. The fourth-order valence-electron chi connectivity index (χ4n) is 3.40. The van der Waals surface area contributed by atoms with Crippen molar-refractivity contribution in [2.45, 2.75) is 58.4 Å². The van der Waals surface area contributed by atoms with E-state index in [0.717, 1.165) is 6.07 Å². The van der Waals surface area contributed by atoms with Crippen molar-refractivity contribution in [3.05, 3.63) is 29.1 Å². The number of alkyl halides is 3. The Morgan fingerprint density at radius 3 is 2.23 bits per heavy atom. The summed E-state index contributed by atoms with van der Waals surface area (Å²) in [6.45, 7) is 7.67. The lowest BCUT2D eigenvalue weighted by molar-refractivity contribution is -0.139. The van der Waals surface area contributed by atoms with Gasteiger partial charge in [0.05, 0.1) is 11.3 Å². The molecule has 168 valence electrons. The molecule has 0 aromatic heterocycles. The van der Waals surface area contributed by atoms with Crippen LogP contribution < -0.4 is 5.32 Å². The zero-order chi connectivity index (χ0) is 22.9. The van der Waals surface area contributed by atoms with Gasteiger partial charge in [0.1, 0.15) is 17.0 Å². The SMILES string of the molecule is CC(Nc1cc(C(=O)O)cc(F)c1C(F)(F)F)C1CCN(C(=O)OC(C)(C)C)CC1. The average Bonchev–Trinajstić information content (AvgIpc) is 2.58. The molecule has 0 bridgehead atoms. The smallest absolute Gasteiger partial charge is 0.421 e. The van der Waals surface area contributed by atoms with E-state index in [1.54, 1.807) is 32.6 Å². The lowest BCUT2D eigenvalue weighted by atomic mass is 9.90. The standard InChI is InChI=1S/C20H26F4N2O4/c1-11(12-5-7-26(8-6-12)18(29)30-19(2,3)4)25-15-10-13(17(27)28)9-14(21)16(15)20(22,23)24/h9-12,25H,5-8H2,1-4H3,(H,27,28). The van der Waals surface area contributed by atoms with Crippen LogP contribution in [0.25, 0.3) is 0 Å². The van der Waals surface area contributed by atoms with E-state index < -0.39 is 52.5 Å². The molecule has 1 aromatic carbocycles. The topological polar surface area (TPSA) is 78.9 Å². The third-order valence-corrected chi connectivity index (χ3v) is 4.90. The summed E-state index contributed by atoms with van der Waals surface area (Å²) in [5, 5.41) is 11.7. The first kappa shape index (κ1) is 23.8. The second-order valence-electron chi connectivity index (χ2n) is 8.42. The number of amides is 1. The molecule has 2 rings (SSSR count). The van der Waals surface area contributed by atoms with Crippen LogP contribution in [0.1, 0.15) is 56.5 Å². The van der Waals surface area contributed by atoms with Gasteiger partial charge >= 0.3 is 18.2 Å². The summed E-state index contributed by atoms with van der Waals surface area (Å²) in [5.74, 6) is -3.26. The molecule has 0 spiro atoms. The van der Waals surface area contributed by atoms with Crippen molar-refractivity contribution >= 4 is 17.7 Å². The quantitative estimate of drug-likeness (QED) is 0.653. The second kappa shape index (κ2) is 8.69. The maximum absolute atomic E-state index is 14.1. The molecule has 1 amide bonds. The van der Waals surface area contributed by atoms with Crippen LogP contribution >= 0.6 is 0 Å². The number of nitrogens with zero attached hydrogens (tertiary/aromatic N) is 1. The fraction of sp³-hybridized carbons (Fsp3) is 0.600. The zero-order valence-electron chi connectivity index (χ0n) is 17.3. The molecule has 10 heteroatoms. The highest BCUT2D eigenvalue weighted by Gasteiger charge is 2.39. The summed E-state index contributed by atoms with van der Waals surface area (Å²) < 4.78 is 59.3. The van der Waals surface area contributed by atoms with E-state index in [1.165, 1.54) is 0 Å². The van der Waals surface area contributed by atoms with Gasteiger partial charge in [-0.1, -0.05) is 0 Å². The molecule has 1 atom stereocenters. The van der Waals surface area contributed by atoms with E-state index in [4.69, 9.17) is 9.84 Å². The van der Waals surface area contributed by atoms with Crippen LogP contribution in [0.2, 0.25) is 0 Å². The van der Waals surface area contributed by atoms with Gasteiger partial charge in [-0.25, -0.2) is 14.0 Å². The van der Waals surface area contributed by atoms with Crippen molar-refractivity contribution in [3.8, 4) is 0 Å². The minimum absolute atomic E-state index is 0.0960. The first-order valence-electron chi connectivity index (χ1n) is 9.57. The monoisotopic (exact) mass is 434 g/mol. The van der Waals surface area contributed by atoms with Crippen LogP contribution in [0, 0.1) is 11.7 Å². The molecule has 1 heterocycles. The lowest BCUT2D eigenvalue weighted by Crippen LogP contribution is -2.44. The highest BCUT2D eigenvalue weighted by molar-refractivity contribution is 5.89. The van der Waals surface area contributed by atoms with Crippen LogP contribution in [-0.4, -0.2) is 46.8 Å². The van der Waals surface area contributed by atoms with Gasteiger partial charge in [0.15, 0.2) is 0 Å². The van der Waals surface area contributed by atoms with Crippen molar-refractivity contribution in [1.82, 2.24) is 4.90 Å². The summed E-state index contributed by atoms with van der Waals surface area (Å²) in [5.41, 5.74) is -3.34. The third kappa shape index (κ3) is 5.99. The van der Waals surface area contributed by atoms with Crippen molar-refractivity contribution < 1.29 is 37.0 Å². The van der Waals surface area contributed by atoms with Gasteiger partial charge in [0.25, 0.3) is 0 Å². The minimum atomic E-state index is -4.98. The van der Waals surface area contributed by atoms with Crippen molar-refractivity contribution in [2.75, 3.05) is 18.4 Å². The van der Waals surface area contributed by atoms with E-state index >= 15 is 0 Å². The molecule has 6 nitrogen and oxygen atoms in total. The second-order valence-corrected chi connectivity index (χ2v) is 8.42. The number of benzene rings is 1. The lowest BCUT2D eigenvalue weighted by Gasteiger charge is -2.36. The van der Waals surface area contributed by atoms with Crippen LogP contribution in [0.15, 0.2) is 12.1 Å². The molecule has 1 aliphatic heterocycles. The number of anilines is 1. The van der Waals surface area contributed by atoms with Crippen LogP contribution in [0.3, 0.4) is 0 Å². The number of hydrogen-bond donors (Lipinski definition) is 2. The fourth-order valence-corrected chi connectivity index (χ4v) is 3.40. The molecule has 30 heavy (non-hydrogen) atoms. The zero-order valence-corrected chi connectivity index (χ0v) is 17.3. The Labute approximate surface area is 172 Å². The summed E-state index contributed by atoms with van der Waals surface area (Å²) in [4.78, 5) is 24.8. The Bertz CT molecular complexity index is 797. The molecule has 0 radical (unpaired) electrons. The number of carboxylic acid groups (broad SMARTS) is 1. The maximum Gasteiger partial charge on any atom is 0.421 e. The number of hydrogen-bond acceptors (Lipinski definition) is 4. The molecule has 2 N–H and O–H groups in total. The number of carbonyl (C=O) groups is 2. The van der Waals surface area contributed by atoms with Crippen molar-refractivity contribution in [3.63, 3.8) is 0 Å². The van der Waals surface area contributed by atoms with E-state index in [2.05, 4.69) is 5.32 Å². The summed E-state index contributed by atoms with van der Waals surface area (Å²) in [7, 11) is 0. The van der Waals surface area contributed by atoms with Crippen LogP contribution in [0.4, 0.5) is 28.0 Å². The molecular formula is C20H26F4N2O4. The summed E-state index contributed by atoms with van der Waals surface area (Å²) >= 11 is 0. The average molecular weight is 434 g/mol. The number of halogens is 4. The van der Waals surface area contributed by atoms with Crippen molar-refractivity contribution in [2.24, 2.45) is 5.92 Å². The first-order chi connectivity index (χ1) is 13.7. The largest absolute Gasteiger partial charge is 0.478 e. The number of aromatic carboxylic acids is 1. The molecule has 1 unspecified atom stereocenters. The van der Waals surface area contributed by atoms with E-state index in [9.17, 15) is 27.2 Å². The van der Waals surface area contributed by atoms with Gasteiger partial charge in [0, 0.05) is 19.1 Å². The van der Waals surface area contributed by atoms with E-state index in [-0.39, 0.29) is 5.92 Å². The Morgan fingerprint density at radius 1 is 1.20 bits per heavy atom. The Balaban J connectivity index is 2.12. The Hall–Kier alpha value is -2.52. The predicted molar refractivity (Wildman–Crippen MR) is 102 cm³/mol. The summed E-state index contributed by atoms with van der Waals surface area (Å²) in [6.07, 6.45) is -4.41. The minimum Gasteiger partial charge on any atom is -0.478 e. The number of carbonyl (C=O) groups excluding carboxylic acids is 1. The van der Waals surface area contributed by atoms with Gasteiger partial charge in [-0.3, -0.25) is 0 Å². The maximum atomic E-state index is 14.1. The van der Waals surface area contributed by atoms with Gasteiger partial charge < -0.3 is 20.1 Å². The van der Waals surface area contributed by atoms with E-state index in [1.807, 2.05) is 0 Å². The number of nitrogens with one attached hydrogen (secondary N) is 1. The number of rotatable bonds is 4. The normalized spacial score (nSPS) is 16.9. The molecule has 1 aromatic rings.